The van der Waals surface area contributed by atoms with Gasteiger partial charge in [0.25, 0.3) is 5.91 Å². The average Bonchev–Trinajstić information content (AvgIpc) is 3.44. The molecule has 1 aromatic carbocycles. The molecule has 0 spiro atoms. The summed E-state index contributed by atoms with van der Waals surface area (Å²) in [7, 11) is -3.53. The molecule has 0 bridgehead atoms. The van der Waals surface area contributed by atoms with Crippen LogP contribution < -0.4 is 5.32 Å². The van der Waals surface area contributed by atoms with E-state index >= 15 is 0 Å². The molecule has 1 saturated heterocycles. The van der Waals surface area contributed by atoms with E-state index in [1.165, 1.54) is 39.3 Å². The molecule has 2 aromatic heterocycles. The van der Waals surface area contributed by atoms with E-state index < -0.39 is 21.9 Å². The molecule has 0 saturated carbocycles. The number of esters is 1. The number of pyridine rings is 1. The van der Waals surface area contributed by atoms with Gasteiger partial charge in [-0.15, -0.1) is 0 Å². The van der Waals surface area contributed by atoms with Crippen molar-refractivity contribution in [3.05, 3.63) is 59.9 Å². The van der Waals surface area contributed by atoms with E-state index in [2.05, 4.69) is 10.4 Å². The molecule has 0 atom stereocenters. The van der Waals surface area contributed by atoms with Crippen molar-refractivity contribution in [3.8, 4) is 0 Å². The molecule has 1 amide bonds. The van der Waals surface area contributed by atoms with E-state index in [0.717, 1.165) is 12.8 Å². The summed E-state index contributed by atoms with van der Waals surface area (Å²) in [5.74, 6) is -0.887. The van der Waals surface area contributed by atoms with E-state index in [9.17, 15) is 18.0 Å². The smallest absolute Gasteiger partial charge is 0.341 e. The van der Waals surface area contributed by atoms with E-state index in [0.29, 0.717) is 35.4 Å². The van der Waals surface area contributed by atoms with E-state index in [1.807, 2.05) is 0 Å². The maximum absolute atomic E-state index is 12.6. The third kappa shape index (κ3) is 4.17. The number of hydrogen-bond acceptors (Lipinski definition) is 6. The minimum atomic E-state index is -3.53. The summed E-state index contributed by atoms with van der Waals surface area (Å²) in [6, 6.07) is 9.14. The first-order valence-corrected chi connectivity index (χ1v) is 11.4. The highest BCUT2D eigenvalue weighted by molar-refractivity contribution is 7.89. The van der Waals surface area contributed by atoms with Crippen LogP contribution in [0.1, 0.15) is 40.5 Å². The number of hydrogen-bond donors (Lipinski definition) is 1. The van der Waals surface area contributed by atoms with Crippen LogP contribution in [0.4, 0.5) is 5.69 Å². The molecule has 9 nitrogen and oxygen atoms in total. The summed E-state index contributed by atoms with van der Waals surface area (Å²) >= 11 is 0. The van der Waals surface area contributed by atoms with Crippen LogP contribution in [-0.2, 0) is 14.8 Å². The van der Waals surface area contributed by atoms with Gasteiger partial charge in [0.2, 0.25) is 10.0 Å². The highest BCUT2D eigenvalue weighted by Gasteiger charge is 2.27. The van der Waals surface area contributed by atoms with Gasteiger partial charge in [-0.2, -0.15) is 9.40 Å². The molecule has 4 rings (SSSR count). The number of fused-ring (bicyclic) bond motifs is 1. The lowest BCUT2D eigenvalue weighted by Gasteiger charge is -2.15. The minimum Gasteiger partial charge on any atom is -0.462 e. The number of amides is 1. The third-order valence-corrected chi connectivity index (χ3v) is 7.01. The monoisotopic (exact) mass is 442 g/mol. The number of ether oxygens (including phenoxy) is 1. The molecule has 10 heteroatoms. The fourth-order valence-electron chi connectivity index (χ4n) is 3.48. The highest BCUT2D eigenvalue weighted by Crippen LogP contribution is 2.22. The lowest BCUT2D eigenvalue weighted by molar-refractivity contribution is 0.0528. The number of carbonyl (C=O) groups excluding carboxylic acids is 2. The van der Waals surface area contributed by atoms with Crippen molar-refractivity contribution in [1.29, 1.82) is 0 Å². The Morgan fingerprint density at radius 3 is 2.52 bits per heavy atom. The number of anilines is 1. The zero-order chi connectivity index (χ0) is 22.0. The van der Waals surface area contributed by atoms with Gasteiger partial charge in [-0.1, -0.05) is 0 Å². The quantitative estimate of drug-likeness (QED) is 0.588. The van der Waals surface area contributed by atoms with Crippen LogP contribution in [-0.4, -0.2) is 53.9 Å². The van der Waals surface area contributed by atoms with Crippen molar-refractivity contribution in [3.63, 3.8) is 0 Å². The van der Waals surface area contributed by atoms with Crippen LogP contribution in [0.3, 0.4) is 0 Å². The lowest BCUT2D eigenvalue weighted by atomic mass is 10.2. The molecule has 0 radical (unpaired) electrons. The van der Waals surface area contributed by atoms with Gasteiger partial charge in [0.05, 0.1) is 23.2 Å². The van der Waals surface area contributed by atoms with Crippen LogP contribution in [0.15, 0.2) is 53.7 Å². The Bertz CT molecular complexity index is 1230. The number of aromatic nitrogens is 2. The lowest BCUT2D eigenvalue weighted by Crippen LogP contribution is -2.27. The number of benzene rings is 1. The molecule has 0 aliphatic carbocycles. The zero-order valence-corrected chi connectivity index (χ0v) is 17.8. The Kier molecular flexibility index (Phi) is 5.75. The summed E-state index contributed by atoms with van der Waals surface area (Å²) in [6.07, 6.45) is 4.76. The molecule has 3 heterocycles. The number of rotatable bonds is 6. The molecule has 1 N–H and O–H groups in total. The Hall–Kier alpha value is -3.24. The molecule has 162 valence electrons. The second-order valence-corrected chi connectivity index (χ2v) is 9.05. The highest BCUT2D eigenvalue weighted by atomic mass is 32.2. The Labute approximate surface area is 179 Å². The minimum absolute atomic E-state index is 0.172. The second-order valence-electron chi connectivity index (χ2n) is 7.11. The van der Waals surface area contributed by atoms with Gasteiger partial charge in [-0.3, -0.25) is 4.79 Å². The van der Waals surface area contributed by atoms with E-state index in [1.54, 1.807) is 25.3 Å². The van der Waals surface area contributed by atoms with Crippen LogP contribution in [0.25, 0.3) is 5.52 Å². The van der Waals surface area contributed by atoms with Crippen LogP contribution in [0.2, 0.25) is 0 Å². The summed E-state index contributed by atoms with van der Waals surface area (Å²) in [4.78, 5) is 24.9. The molecule has 31 heavy (non-hydrogen) atoms. The Morgan fingerprint density at radius 1 is 1.13 bits per heavy atom. The van der Waals surface area contributed by atoms with Crippen molar-refractivity contribution < 1.29 is 22.7 Å². The fraction of sp³-hybridized carbons (Fsp3) is 0.286. The molecule has 0 unspecified atom stereocenters. The van der Waals surface area contributed by atoms with Crippen molar-refractivity contribution in [2.75, 3.05) is 25.0 Å². The molecule has 1 aliphatic rings. The first-order chi connectivity index (χ1) is 14.9. The average molecular weight is 442 g/mol. The Balaban J connectivity index is 1.52. The van der Waals surface area contributed by atoms with Gasteiger partial charge in [-0.25, -0.2) is 17.7 Å². The second kappa shape index (κ2) is 8.48. The topological polar surface area (TPSA) is 110 Å². The fourth-order valence-corrected chi connectivity index (χ4v) is 5.00. The largest absolute Gasteiger partial charge is 0.462 e. The van der Waals surface area contributed by atoms with E-state index in [-0.39, 0.29) is 11.5 Å². The third-order valence-electron chi connectivity index (χ3n) is 5.09. The van der Waals surface area contributed by atoms with Gasteiger partial charge in [0, 0.05) is 30.5 Å². The molecule has 3 aromatic rings. The first-order valence-electron chi connectivity index (χ1n) is 9.96. The molecular weight excluding hydrogens is 420 g/mol. The molecule has 1 fully saturated rings. The van der Waals surface area contributed by atoms with E-state index in [4.69, 9.17) is 4.74 Å². The summed E-state index contributed by atoms with van der Waals surface area (Å²) in [6.45, 7) is 3.01. The van der Waals surface area contributed by atoms with Crippen molar-refractivity contribution in [2.45, 2.75) is 24.7 Å². The predicted octanol–water partition coefficient (Wildman–Crippen LogP) is 2.55. The van der Waals surface area contributed by atoms with Crippen molar-refractivity contribution >= 4 is 33.1 Å². The standard InChI is InChI=1S/C21H22N4O5S/c1-2-30-21(27)18-14-22-25-12-9-16(13-19(18)25)23-20(26)15-5-7-17(8-6-15)31(28,29)24-10-3-4-11-24/h5-9,12-14H,2-4,10-11H2,1H3,(H,23,26). The summed E-state index contributed by atoms with van der Waals surface area (Å²) < 4.78 is 33.2. The summed E-state index contributed by atoms with van der Waals surface area (Å²) in [5.41, 5.74) is 1.59. The first kappa shape index (κ1) is 21.0. The van der Waals surface area contributed by atoms with Gasteiger partial charge in [-0.05, 0) is 56.2 Å². The van der Waals surface area contributed by atoms with Crippen LogP contribution in [0, 0.1) is 0 Å². The molecule has 1 aliphatic heterocycles. The van der Waals surface area contributed by atoms with Crippen molar-refractivity contribution in [2.24, 2.45) is 0 Å². The SMILES string of the molecule is CCOC(=O)c1cnn2ccc(NC(=O)c3ccc(S(=O)(=O)N4CCCC4)cc3)cc12. The number of carbonyl (C=O) groups is 2. The predicted molar refractivity (Wildman–Crippen MR) is 114 cm³/mol. The van der Waals surface area contributed by atoms with Gasteiger partial charge < -0.3 is 10.1 Å². The summed E-state index contributed by atoms with van der Waals surface area (Å²) in [5, 5.41) is 6.87. The maximum atomic E-state index is 12.6. The maximum Gasteiger partial charge on any atom is 0.341 e. The van der Waals surface area contributed by atoms with Crippen LogP contribution in [0.5, 0.6) is 0 Å². The van der Waals surface area contributed by atoms with Crippen LogP contribution >= 0.6 is 0 Å². The van der Waals surface area contributed by atoms with Gasteiger partial charge >= 0.3 is 5.97 Å². The number of nitrogens with one attached hydrogen (secondary N) is 1. The molecular formula is C21H22N4O5S. The number of nitrogens with zero attached hydrogens (tertiary/aromatic N) is 3. The van der Waals surface area contributed by atoms with Crippen molar-refractivity contribution in [1.82, 2.24) is 13.9 Å². The normalized spacial score (nSPS) is 14.6. The Morgan fingerprint density at radius 2 is 1.84 bits per heavy atom. The number of sulfonamides is 1. The zero-order valence-electron chi connectivity index (χ0n) is 16.9. The van der Waals surface area contributed by atoms with Gasteiger partial charge in [0.15, 0.2) is 0 Å². The van der Waals surface area contributed by atoms with Gasteiger partial charge in [0.1, 0.15) is 5.56 Å².